The first-order valence-electron chi connectivity index (χ1n) is 15.9. The minimum absolute atomic E-state index is 0. The van der Waals surface area contributed by atoms with Crippen LogP contribution in [0.1, 0.15) is 58.8 Å². The predicted molar refractivity (Wildman–Crippen MR) is 234 cm³/mol. The number of phenols is 1. The van der Waals surface area contributed by atoms with Gasteiger partial charge in [0.15, 0.2) is 0 Å². The maximum atomic E-state index is 9.01. The molecule has 0 spiro atoms. The summed E-state index contributed by atoms with van der Waals surface area (Å²) in [5.74, 6) is 2.96. The average Bonchev–Trinajstić information content (AvgIpc) is 3.19. The monoisotopic (exact) mass is 1010 g/mol. The van der Waals surface area contributed by atoms with E-state index in [9.17, 15) is 0 Å². The number of rotatable bonds is 9. The molecule has 55 heavy (non-hydrogen) atoms. The SMILES string of the molecule is C.CCc1cc(OC)ccc1B(O)O.CCc1cc(OC)ccc1Br.CCc1cccc(O)c1.CCc1cccc(OC)c1.CI.O=CO[O-].[B]=NS.[H-].[K+].[K+]. The van der Waals surface area contributed by atoms with Gasteiger partial charge in [-0.05, 0) is 113 Å². The Balaban J connectivity index is -0.000000105. The average molecular weight is 1010 g/mol. The molecule has 0 bridgehead atoms. The summed E-state index contributed by atoms with van der Waals surface area (Å²) in [7, 11) is 7.89. The minimum atomic E-state index is -1.40. The van der Waals surface area contributed by atoms with Crippen LogP contribution in [0.25, 0.3) is 0 Å². The Labute approximate surface area is 445 Å². The van der Waals surface area contributed by atoms with Gasteiger partial charge in [-0.3, -0.25) is 4.79 Å². The minimum Gasteiger partial charge on any atom is -1.00 e. The van der Waals surface area contributed by atoms with Crippen molar-refractivity contribution in [2.75, 3.05) is 26.3 Å². The van der Waals surface area contributed by atoms with Crippen LogP contribution >= 0.6 is 51.3 Å². The fourth-order valence-electron chi connectivity index (χ4n) is 3.88. The molecule has 4 aromatic rings. The van der Waals surface area contributed by atoms with Crippen molar-refractivity contribution >= 4 is 78.0 Å². The van der Waals surface area contributed by atoms with Gasteiger partial charge in [0, 0.05) is 4.47 Å². The normalized spacial score (nSPS) is 8.24. The number of carbonyl (C=O) groups is 1. The molecule has 0 saturated carbocycles. The van der Waals surface area contributed by atoms with E-state index in [0.717, 1.165) is 53.0 Å². The second-order valence-corrected chi connectivity index (χ2v) is 10.7. The summed E-state index contributed by atoms with van der Waals surface area (Å²) in [4.78, 5) is 13.2. The molecule has 295 valence electrons. The van der Waals surface area contributed by atoms with E-state index in [1.807, 2.05) is 60.4 Å². The molecule has 17 heteroatoms. The molecule has 0 aliphatic carbocycles. The number of benzene rings is 4. The van der Waals surface area contributed by atoms with Gasteiger partial charge < -0.3 is 40.9 Å². The Hall–Kier alpha value is 0.193. The Morgan fingerprint density at radius 1 is 0.782 bits per heavy atom. The predicted octanol–water partition coefficient (Wildman–Crippen LogP) is 1.60. The van der Waals surface area contributed by atoms with Gasteiger partial charge in [-0.2, -0.15) is 0 Å². The largest absolute Gasteiger partial charge is 1.00 e. The van der Waals surface area contributed by atoms with E-state index < -0.39 is 7.12 Å². The number of aryl methyl sites for hydroxylation is 4. The van der Waals surface area contributed by atoms with Crippen LogP contribution in [0.5, 0.6) is 23.0 Å². The van der Waals surface area contributed by atoms with Crippen LogP contribution in [-0.2, 0) is 35.4 Å². The number of hydrogen-bond donors (Lipinski definition) is 4. The maximum absolute atomic E-state index is 9.01. The number of thiol groups is 1. The van der Waals surface area contributed by atoms with Crippen molar-refractivity contribution in [3.8, 4) is 23.0 Å². The molecular weight excluding hydrogens is 953 g/mol. The number of hydrogen-bond acceptors (Lipinski definition) is 11. The number of phenolic OH excluding ortho intramolecular Hbond substituents is 1. The summed E-state index contributed by atoms with van der Waals surface area (Å²) >= 11 is 8.81. The number of ether oxygens (including phenoxy) is 3. The van der Waals surface area contributed by atoms with Gasteiger partial charge in [-0.1, -0.05) is 104 Å². The van der Waals surface area contributed by atoms with Gasteiger partial charge in [0.25, 0.3) is 6.47 Å². The summed E-state index contributed by atoms with van der Waals surface area (Å²) in [6.45, 7) is 8.10. The summed E-state index contributed by atoms with van der Waals surface area (Å²) in [5.41, 5.74) is 5.22. The molecule has 0 unspecified atom stereocenters. The van der Waals surface area contributed by atoms with Crippen molar-refractivity contribution < 1.29 is 149 Å². The number of alkyl halides is 1. The summed E-state index contributed by atoms with van der Waals surface area (Å²) in [6.07, 6.45) is 3.83. The van der Waals surface area contributed by atoms with Crippen LogP contribution in [0.4, 0.5) is 0 Å². The topological polar surface area (TPSA) is 150 Å². The molecule has 0 amide bonds. The molecule has 0 aliphatic heterocycles. The van der Waals surface area contributed by atoms with E-state index in [0.29, 0.717) is 11.2 Å². The van der Waals surface area contributed by atoms with Crippen molar-refractivity contribution in [3.63, 3.8) is 0 Å². The van der Waals surface area contributed by atoms with Crippen molar-refractivity contribution in [1.29, 1.82) is 0 Å². The molecule has 0 atom stereocenters. The Morgan fingerprint density at radius 2 is 1.18 bits per heavy atom. The van der Waals surface area contributed by atoms with E-state index in [2.05, 4.69) is 101 Å². The van der Waals surface area contributed by atoms with Crippen molar-refractivity contribution in [3.05, 3.63) is 112 Å². The Morgan fingerprint density at radius 3 is 1.55 bits per heavy atom. The van der Waals surface area contributed by atoms with Gasteiger partial charge in [-0.15, -0.1) is 0 Å². The molecule has 1 radical (unpaired) electrons. The molecule has 4 rings (SSSR count). The smallest absolute Gasteiger partial charge is 1.00 e. The molecule has 0 aliphatic rings. The van der Waals surface area contributed by atoms with E-state index in [-0.39, 0.29) is 118 Å². The fourth-order valence-corrected chi connectivity index (χ4v) is 4.41. The van der Waals surface area contributed by atoms with Crippen molar-refractivity contribution in [2.24, 2.45) is 4.30 Å². The molecule has 0 aromatic heterocycles. The van der Waals surface area contributed by atoms with Crippen molar-refractivity contribution in [2.45, 2.75) is 60.8 Å². The fraction of sp³-hybridized carbons (Fsp3) is 0.342. The first-order chi connectivity index (χ1) is 25.0. The van der Waals surface area contributed by atoms with Gasteiger partial charge in [0.2, 0.25) is 0 Å². The molecule has 0 heterocycles. The molecule has 0 saturated heterocycles. The second-order valence-electron chi connectivity index (χ2n) is 9.64. The van der Waals surface area contributed by atoms with Crippen molar-refractivity contribution in [1.82, 2.24) is 0 Å². The van der Waals surface area contributed by atoms with Crippen LogP contribution in [0.15, 0.2) is 93.7 Å². The third-order valence-electron chi connectivity index (χ3n) is 6.54. The van der Waals surface area contributed by atoms with Crippen LogP contribution in [0.2, 0.25) is 0 Å². The number of halogens is 2. The summed E-state index contributed by atoms with van der Waals surface area (Å²) in [6, 6.07) is 26.6. The molecule has 10 nitrogen and oxygen atoms in total. The molecule has 3 N–H and O–H groups in total. The zero-order chi connectivity index (χ0) is 40.3. The van der Waals surface area contributed by atoms with Gasteiger partial charge in [0.1, 0.15) is 23.0 Å². The molecule has 0 fully saturated rings. The number of methoxy groups -OCH3 is 3. The maximum Gasteiger partial charge on any atom is 1.00 e. The number of nitrogens with zero attached hydrogens (tertiary/aromatic N) is 1. The zero-order valence-corrected chi connectivity index (χ0v) is 44.0. The Bertz CT molecular complexity index is 1490. The van der Waals surface area contributed by atoms with Gasteiger partial charge in [-0.25, -0.2) is 0 Å². The van der Waals surface area contributed by atoms with E-state index in [4.69, 9.17) is 39.4 Å². The van der Waals surface area contributed by atoms with E-state index in [1.54, 1.807) is 45.6 Å². The van der Waals surface area contributed by atoms with E-state index >= 15 is 0 Å². The van der Waals surface area contributed by atoms with Gasteiger partial charge in [0.05, 0.1) is 21.3 Å². The van der Waals surface area contributed by atoms with Crippen LogP contribution in [0.3, 0.4) is 0 Å². The quantitative estimate of drug-likeness (QED) is 0.0374. The molecule has 4 aromatic carbocycles. The first kappa shape index (κ1) is 67.0. The summed E-state index contributed by atoms with van der Waals surface area (Å²) in [5, 5.41) is 35.4. The third kappa shape index (κ3) is 34.7. The van der Waals surface area contributed by atoms with Crippen LogP contribution in [-0.4, -0.2) is 62.6 Å². The number of carbonyl (C=O) groups excluding carboxylic acids is 1. The zero-order valence-electron chi connectivity index (χ0n) is 34.1. The van der Waals surface area contributed by atoms with E-state index in [1.165, 1.54) is 16.7 Å². The number of aromatic hydroxyl groups is 1. The summed E-state index contributed by atoms with van der Waals surface area (Å²) < 4.78 is 19.0. The Kier molecular flexibility index (Phi) is 57.1. The molecular formula is C38H56B2BrIK2NO9S. The third-order valence-corrected chi connectivity index (χ3v) is 7.32. The van der Waals surface area contributed by atoms with Crippen LogP contribution < -0.4 is 128 Å². The second kappa shape index (κ2) is 46.9. The first-order valence-corrected chi connectivity index (χ1v) is 19.2. The standard InChI is InChI=1S/C9H13BO3.C9H11BrO.C9H12O.C8H10O.CH3I.CH2O3.CH4.BHNS.2K.H/c1-3-7-6-8(13-2)4-5-9(7)10(11)12;1-3-7-6-8(11-2)4-5-9(7)10;1-3-8-5-4-6-9(7-8)10-2;1-2-7-4-3-5-8(9)6-7;1-2;2-1-4-3;;1-2-3;;;/h4-6,11-12H,3H2,1-2H3;4-6H,3H2,1-2H3;4-7H,3H2,1-2H3;3-6,9H,2H2,1H3;1H3;1,3H;1H4;3H;;;/q;;;;;;;;2*+1;-1/p-1. The van der Waals surface area contributed by atoms with Gasteiger partial charge >= 0.3 is 135 Å². The van der Waals surface area contributed by atoms with Crippen LogP contribution in [0, 0.1) is 0 Å².